The first-order valence-corrected chi connectivity index (χ1v) is 5.68. The molecule has 0 saturated carbocycles. The summed E-state index contributed by atoms with van der Waals surface area (Å²) in [7, 11) is 2.20. The smallest absolute Gasteiger partial charge is 0.0389 e. The molecule has 0 aromatic heterocycles. The van der Waals surface area contributed by atoms with Crippen LogP contribution in [0.3, 0.4) is 0 Å². The highest BCUT2D eigenvalue weighted by Crippen LogP contribution is 2.20. The van der Waals surface area contributed by atoms with E-state index in [0.717, 1.165) is 19.6 Å². The van der Waals surface area contributed by atoms with E-state index in [1.807, 2.05) is 0 Å². The van der Waals surface area contributed by atoms with E-state index >= 15 is 0 Å². The second kappa shape index (κ2) is 4.23. The number of piperazine rings is 1. The number of anilines is 1. The zero-order valence-corrected chi connectivity index (χ0v) is 9.90. The van der Waals surface area contributed by atoms with Crippen LogP contribution in [0.25, 0.3) is 0 Å². The van der Waals surface area contributed by atoms with E-state index in [9.17, 15) is 0 Å². The molecule has 1 aromatic rings. The molecule has 2 nitrogen and oxygen atoms in total. The van der Waals surface area contributed by atoms with Crippen LogP contribution in [0.5, 0.6) is 0 Å². The minimum absolute atomic E-state index is 0.617. The molecule has 2 rings (SSSR count). The van der Waals surface area contributed by atoms with Crippen molar-refractivity contribution in [1.82, 2.24) is 4.90 Å². The van der Waals surface area contributed by atoms with Gasteiger partial charge in [0.2, 0.25) is 0 Å². The van der Waals surface area contributed by atoms with Gasteiger partial charge in [-0.3, -0.25) is 0 Å². The molecule has 1 aliphatic heterocycles. The summed E-state index contributed by atoms with van der Waals surface area (Å²) in [4.78, 5) is 4.90. The fraction of sp³-hybridized carbons (Fsp3) is 0.538. The van der Waals surface area contributed by atoms with Gasteiger partial charge in [0.05, 0.1) is 0 Å². The molecule has 0 radical (unpaired) electrons. The van der Waals surface area contributed by atoms with E-state index in [4.69, 9.17) is 0 Å². The number of hydrogen-bond acceptors (Lipinski definition) is 2. The van der Waals surface area contributed by atoms with Gasteiger partial charge in [0.25, 0.3) is 0 Å². The molecule has 0 bridgehead atoms. The molecule has 0 spiro atoms. The van der Waals surface area contributed by atoms with Gasteiger partial charge in [-0.2, -0.15) is 0 Å². The van der Waals surface area contributed by atoms with Crippen LogP contribution in [0.4, 0.5) is 5.69 Å². The molecule has 1 heterocycles. The second-order valence-electron chi connectivity index (χ2n) is 4.64. The molecule has 0 amide bonds. The van der Waals surface area contributed by atoms with Crippen molar-refractivity contribution in [2.45, 2.75) is 19.9 Å². The maximum atomic E-state index is 2.50. The van der Waals surface area contributed by atoms with Gasteiger partial charge in [-0.15, -0.1) is 0 Å². The van der Waals surface area contributed by atoms with Crippen molar-refractivity contribution >= 4 is 5.69 Å². The van der Waals surface area contributed by atoms with Gasteiger partial charge in [-0.1, -0.05) is 17.7 Å². The molecule has 1 atom stereocenters. The van der Waals surface area contributed by atoms with Crippen LogP contribution in [-0.2, 0) is 0 Å². The van der Waals surface area contributed by atoms with Crippen molar-refractivity contribution in [2.75, 3.05) is 31.6 Å². The molecule has 15 heavy (non-hydrogen) atoms. The van der Waals surface area contributed by atoms with Gasteiger partial charge >= 0.3 is 0 Å². The van der Waals surface area contributed by atoms with Crippen molar-refractivity contribution in [3.63, 3.8) is 0 Å². The molecular weight excluding hydrogens is 184 g/mol. The normalized spacial score (nSPS) is 23.1. The minimum Gasteiger partial charge on any atom is -0.366 e. The maximum absolute atomic E-state index is 2.50. The average Bonchev–Trinajstić information content (AvgIpc) is 2.20. The van der Waals surface area contributed by atoms with E-state index in [0.29, 0.717) is 6.04 Å². The third-order valence-electron chi connectivity index (χ3n) is 3.20. The van der Waals surface area contributed by atoms with Gasteiger partial charge < -0.3 is 9.80 Å². The van der Waals surface area contributed by atoms with Gasteiger partial charge in [0.15, 0.2) is 0 Å². The summed E-state index contributed by atoms with van der Waals surface area (Å²) in [5.41, 5.74) is 2.70. The average molecular weight is 204 g/mol. The van der Waals surface area contributed by atoms with Crippen LogP contribution >= 0.6 is 0 Å². The highest BCUT2D eigenvalue weighted by Gasteiger charge is 2.21. The van der Waals surface area contributed by atoms with Crippen molar-refractivity contribution < 1.29 is 0 Å². The van der Waals surface area contributed by atoms with Crippen molar-refractivity contribution in [2.24, 2.45) is 0 Å². The Morgan fingerprint density at radius 1 is 1.13 bits per heavy atom. The lowest BCUT2D eigenvalue weighted by atomic mass is 10.1. The van der Waals surface area contributed by atoms with Gasteiger partial charge in [-0.25, -0.2) is 0 Å². The zero-order chi connectivity index (χ0) is 10.8. The Bertz CT molecular complexity index is 318. The molecule has 1 fully saturated rings. The van der Waals surface area contributed by atoms with Crippen molar-refractivity contribution in [3.05, 3.63) is 29.8 Å². The summed E-state index contributed by atoms with van der Waals surface area (Å²) in [6.45, 7) is 7.90. The Morgan fingerprint density at radius 2 is 1.80 bits per heavy atom. The van der Waals surface area contributed by atoms with Crippen LogP contribution in [0.2, 0.25) is 0 Å². The van der Waals surface area contributed by atoms with E-state index in [1.54, 1.807) is 0 Å². The fourth-order valence-electron chi connectivity index (χ4n) is 2.26. The third kappa shape index (κ3) is 2.32. The molecule has 2 heteroatoms. The van der Waals surface area contributed by atoms with Crippen LogP contribution in [-0.4, -0.2) is 37.6 Å². The summed E-state index contributed by atoms with van der Waals surface area (Å²) >= 11 is 0. The topological polar surface area (TPSA) is 6.48 Å². The Kier molecular flexibility index (Phi) is 2.96. The first-order chi connectivity index (χ1) is 7.16. The highest BCUT2D eigenvalue weighted by molar-refractivity contribution is 5.48. The molecular formula is C13H20N2. The molecule has 0 N–H and O–H groups in total. The number of rotatable bonds is 1. The van der Waals surface area contributed by atoms with E-state index in [2.05, 4.69) is 55.0 Å². The summed E-state index contributed by atoms with van der Waals surface area (Å²) < 4.78 is 0. The SMILES string of the molecule is Cc1ccc(N2CCN(C)CC2C)cc1. The largest absolute Gasteiger partial charge is 0.366 e. The van der Waals surface area contributed by atoms with Crippen LogP contribution < -0.4 is 4.90 Å². The van der Waals surface area contributed by atoms with E-state index in [1.165, 1.54) is 11.3 Å². The summed E-state index contributed by atoms with van der Waals surface area (Å²) in [5, 5.41) is 0. The lowest BCUT2D eigenvalue weighted by Crippen LogP contribution is -2.50. The molecule has 1 saturated heterocycles. The van der Waals surface area contributed by atoms with Gasteiger partial charge in [0, 0.05) is 31.4 Å². The standard InChI is InChI=1S/C13H20N2/c1-11-4-6-13(7-5-11)15-9-8-14(3)10-12(15)2/h4-7,12H,8-10H2,1-3H3. The number of benzene rings is 1. The number of hydrogen-bond donors (Lipinski definition) is 0. The number of likely N-dealkylation sites (N-methyl/N-ethyl adjacent to an activating group) is 1. The Balaban J connectivity index is 2.13. The van der Waals surface area contributed by atoms with Crippen molar-refractivity contribution in [1.29, 1.82) is 0 Å². The quantitative estimate of drug-likeness (QED) is 0.691. The summed E-state index contributed by atoms with van der Waals surface area (Å²) in [6, 6.07) is 9.47. The van der Waals surface area contributed by atoms with Gasteiger partial charge in [-0.05, 0) is 33.0 Å². The maximum Gasteiger partial charge on any atom is 0.0389 e. The van der Waals surface area contributed by atoms with Crippen molar-refractivity contribution in [3.8, 4) is 0 Å². The summed E-state index contributed by atoms with van der Waals surface area (Å²) in [5.74, 6) is 0. The predicted octanol–water partition coefficient (Wildman–Crippen LogP) is 2.14. The number of aryl methyl sites for hydroxylation is 1. The van der Waals surface area contributed by atoms with Crippen LogP contribution in [0, 0.1) is 6.92 Å². The molecule has 1 unspecified atom stereocenters. The third-order valence-corrected chi connectivity index (χ3v) is 3.20. The van der Waals surface area contributed by atoms with Crippen LogP contribution in [0.1, 0.15) is 12.5 Å². The molecule has 0 aliphatic carbocycles. The minimum atomic E-state index is 0.617. The first kappa shape index (κ1) is 10.5. The Labute approximate surface area is 92.5 Å². The van der Waals surface area contributed by atoms with E-state index in [-0.39, 0.29) is 0 Å². The highest BCUT2D eigenvalue weighted by atomic mass is 15.3. The summed E-state index contributed by atoms with van der Waals surface area (Å²) in [6.07, 6.45) is 0. The lowest BCUT2D eigenvalue weighted by molar-refractivity contribution is 0.275. The predicted molar refractivity (Wildman–Crippen MR) is 65.5 cm³/mol. The molecule has 82 valence electrons. The lowest BCUT2D eigenvalue weighted by Gasteiger charge is -2.39. The Hall–Kier alpha value is -1.02. The van der Waals surface area contributed by atoms with E-state index < -0.39 is 0 Å². The molecule has 1 aromatic carbocycles. The zero-order valence-electron chi connectivity index (χ0n) is 9.90. The Morgan fingerprint density at radius 3 is 2.40 bits per heavy atom. The number of nitrogens with zero attached hydrogens (tertiary/aromatic N) is 2. The monoisotopic (exact) mass is 204 g/mol. The second-order valence-corrected chi connectivity index (χ2v) is 4.64. The van der Waals surface area contributed by atoms with Crippen LogP contribution in [0.15, 0.2) is 24.3 Å². The first-order valence-electron chi connectivity index (χ1n) is 5.68. The fourth-order valence-corrected chi connectivity index (χ4v) is 2.26. The molecule has 1 aliphatic rings. The van der Waals surface area contributed by atoms with Gasteiger partial charge in [0.1, 0.15) is 0 Å².